The molecule has 3 rings (SSSR count). The molecule has 5 heteroatoms. The average Bonchev–Trinajstić information content (AvgIpc) is 2.90. The molecule has 0 amide bonds. The van der Waals surface area contributed by atoms with Gasteiger partial charge in [-0.1, -0.05) is 6.07 Å². The van der Waals surface area contributed by atoms with Gasteiger partial charge in [0.2, 0.25) is 0 Å². The molecular weight excluding hydrogens is 240 g/mol. The van der Waals surface area contributed by atoms with Crippen LogP contribution in [0.5, 0.6) is 0 Å². The molecule has 0 saturated heterocycles. The van der Waals surface area contributed by atoms with Crippen LogP contribution in [0, 0.1) is 13.8 Å². The average molecular weight is 256 g/mol. The number of aromatic nitrogens is 3. The summed E-state index contributed by atoms with van der Waals surface area (Å²) in [5, 5.41) is 0. The number of nitrogens with zero attached hydrogens (tertiary/aromatic N) is 2. The highest BCUT2D eigenvalue weighted by Gasteiger charge is 2.11. The van der Waals surface area contributed by atoms with Gasteiger partial charge in [0, 0.05) is 24.6 Å². The normalized spacial score (nSPS) is 11.3. The maximum absolute atomic E-state index is 5.56. The highest BCUT2D eigenvalue weighted by molar-refractivity contribution is 5.79. The summed E-state index contributed by atoms with van der Waals surface area (Å²) in [6.07, 6.45) is 0.754. The fraction of sp³-hybridized carbons (Fsp3) is 0.286. The third-order valence-electron chi connectivity index (χ3n) is 3.08. The molecule has 0 aliphatic carbocycles. The molecule has 0 radical (unpaired) electrons. The number of H-pyrrole nitrogens is 1. The molecule has 3 aromatic rings. The fourth-order valence-corrected chi connectivity index (χ4v) is 2.25. The van der Waals surface area contributed by atoms with Crippen molar-refractivity contribution < 1.29 is 4.42 Å². The van der Waals surface area contributed by atoms with Crippen LogP contribution in [-0.4, -0.2) is 21.5 Å². The molecule has 19 heavy (non-hydrogen) atoms. The minimum absolute atomic E-state index is 0.590. The number of benzene rings is 1. The molecule has 1 aromatic carbocycles. The second-order valence-electron chi connectivity index (χ2n) is 4.61. The lowest BCUT2D eigenvalue weighted by Crippen LogP contribution is -2.03. The van der Waals surface area contributed by atoms with E-state index in [0.29, 0.717) is 12.4 Å². The molecule has 0 unspecified atom stereocenters. The standard InChI is InChI=1S/C14H16N4O/c1-8-14(18-13(16-8)5-6-15)10-3-4-11-12(7-10)19-9(2)17-11/h3-4,7H,5-6,15H2,1-2H3,(H,16,18). The molecule has 0 aliphatic rings. The Kier molecular flexibility index (Phi) is 2.83. The second kappa shape index (κ2) is 4.51. The van der Waals surface area contributed by atoms with Gasteiger partial charge in [0.15, 0.2) is 11.5 Å². The van der Waals surface area contributed by atoms with Gasteiger partial charge in [-0.3, -0.25) is 0 Å². The third kappa shape index (κ3) is 2.13. The van der Waals surface area contributed by atoms with E-state index in [1.54, 1.807) is 0 Å². The minimum Gasteiger partial charge on any atom is -0.441 e. The summed E-state index contributed by atoms with van der Waals surface area (Å²) >= 11 is 0. The minimum atomic E-state index is 0.590. The Balaban J connectivity index is 2.07. The number of hydrogen-bond donors (Lipinski definition) is 2. The van der Waals surface area contributed by atoms with Crippen LogP contribution < -0.4 is 5.73 Å². The Labute approximate surface area is 110 Å². The molecule has 0 aliphatic heterocycles. The molecule has 0 atom stereocenters. The predicted octanol–water partition coefficient (Wildman–Crippen LogP) is 2.34. The number of nitrogens with one attached hydrogen (secondary N) is 1. The van der Waals surface area contributed by atoms with Crippen molar-refractivity contribution in [2.45, 2.75) is 20.3 Å². The first-order valence-corrected chi connectivity index (χ1v) is 6.30. The smallest absolute Gasteiger partial charge is 0.192 e. The number of oxazole rings is 1. The summed E-state index contributed by atoms with van der Waals surface area (Å²) in [7, 11) is 0. The van der Waals surface area contributed by atoms with Crippen molar-refractivity contribution in [1.29, 1.82) is 0 Å². The van der Waals surface area contributed by atoms with Crippen molar-refractivity contribution in [2.75, 3.05) is 6.54 Å². The van der Waals surface area contributed by atoms with E-state index in [-0.39, 0.29) is 0 Å². The first-order valence-electron chi connectivity index (χ1n) is 6.30. The number of fused-ring (bicyclic) bond motifs is 1. The lowest BCUT2D eigenvalue weighted by Gasteiger charge is -1.97. The molecule has 3 N–H and O–H groups in total. The van der Waals surface area contributed by atoms with Gasteiger partial charge in [-0.15, -0.1) is 0 Å². The van der Waals surface area contributed by atoms with Gasteiger partial charge >= 0.3 is 0 Å². The predicted molar refractivity (Wildman–Crippen MR) is 73.8 cm³/mol. The Morgan fingerprint density at radius 3 is 2.89 bits per heavy atom. The van der Waals surface area contributed by atoms with Gasteiger partial charge in [-0.25, -0.2) is 9.97 Å². The summed E-state index contributed by atoms with van der Waals surface area (Å²) in [6.45, 7) is 4.45. The zero-order chi connectivity index (χ0) is 13.4. The highest BCUT2D eigenvalue weighted by Crippen LogP contribution is 2.26. The van der Waals surface area contributed by atoms with Gasteiger partial charge in [0.25, 0.3) is 0 Å². The summed E-state index contributed by atoms with van der Waals surface area (Å²) in [5.74, 6) is 1.60. The van der Waals surface area contributed by atoms with E-state index in [1.165, 1.54) is 0 Å². The number of rotatable bonds is 3. The number of aryl methyl sites for hydroxylation is 2. The largest absolute Gasteiger partial charge is 0.441 e. The van der Waals surface area contributed by atoms with E-state index in [9.17, 15) is 0 Å². The summed E-state index contributed by atoms with van der Waals surface area (Å²) in [5.41, 5.74) is 10.2. The van der Waals surface area contributed by atoms with Gasteiger partial charge < -0.3 is 15.1 Å². The van der Waals surface area contributed by atoms with Crippen LogP contribution in [-0.2, 0) is 6.42 Å². The molecule has 0 bridgehead atoms. The molecule has 2 heterocycles. The maximum Gasteiger partial charge on any atom is 0.192 e. The van der Waals surface area contributed by atoms with Gasteiger partial charge in [0.05, 0.1) is 5.69 Å². The molecule has 5 nitrogen and oxygen atoms in total. The summed E-state index contributed by atoms with van der Waals surface area (Å²) in [6, 6.07) is 5.95. The molecule has 2 aromatic heterocycles. The SMILES string of the molecule is Cc1nc2ccc(-c3nc(CCN)[nH]c3C)cc2o1. The van der Waals surface area contributed by atoms with E-state index in [0.717, 1.165) is 40.3 Å². The monoisotopic (exact) mass is 256 g/mol. The third-order valence-corrected chi connectivity index (χ3v) is 3.08. The molecule has 98 valence electrons. The van der Waals surface area contributed by atoms with Gasteiger partial charge in [0.1, 0.15) is 11.3 Å². The number of hydrogen-bond acceptors (Lipinski definition) is 4. The van der Waals surface area contributed by atoms with E-state index < -0.39 is 0 Å². The lowest BCUT2D eigenvalue weighted by molar-refractivity contribution is 0.561. The van der Waals surface area contributed by atoms with E-state index >= 15 is 0 Å². The molecule has 0 fully saturated rings. The Morgan fingerprint density at radius 2 is 2.11 bits per heavy atom. The second-order valence-corrected chi connectivity index (χ2v) is 4.61. The van der Waals surface area contributed by atoms with Crippen LogP contribution >= 0.6 is 0 Å². The molecular formula is C14H16N4O. The number of aromatic amines is 1. The van der Waals surface area contributed by atoms with Crippen LogP contribution in [0.2, 0.25) is 0 Å². The lowest BCUT2D eigenvalue weighted by atomic mass is 10.1. The first kappa shape index (κ1) is 11.9. The highest BCUT2D eigenvalue weighted by atomic mass is 16.3. The van der Waals surface area contributed by atoms with Crippen molar-refractivity contribution in [1.82, 2.24) is 15.0 Å². The topological polar surface area (TPSA) is 80.7 Å². The van der Waals surface area contributed by atoms with Crippen molar-refractivity contribution in [3.05, 3.63) is 35.6 Å². The fourth-order valence-electron chi connectivity index (χ4n) is 2.25. The van der Waals surface area contributed by atoms with Crippen LogP contribution in [0.25, 0.3) is 22.4 Å². The first-order chi connectivity index (χ1) is 9.17. The number of imidazole rings is 1. The Morgan fingerprint density at radius 1 is 1.26 bits per heavy atom. The van der Waals surface area contributed by atoms with Gasteiger partial charge in [-0.2, -0.15) is 0 Å². The Hall–Kier alpha value is -2.14. The summed E-state index contributed by atoms with van der Waals surface area (Å²) in [4.78, 5) is 12.1. The van der Waals surface area contributed by atoms with Crippen molar-refractivity contribution in [3.8, 4) is 11.3 Å². The quantitative estimate of drug-likeness (QED) is 0.753. The molecule has 0 spiro atoms. The van der Waals surface area contributed by atoms with Gasteiger partial charge in [-0.05, 0) is 25.6 Å². The van der Waals surface area contributed by atoms with E-state index in [2.05, 4.69) is 15.0 Å². The maximum atomic E-state index is 5.56. The Bertz CT molecular complexity index is 726. The van der Waals surface area contributed by atoms with Crippen LogP contribution in [0.1, 0.15) is 17.4 Å². The van der Waals surface area contributed by atoms with E-state index in [1.807, 2.05) is 32.0 Å². The van der Waals surface area contributed by atoms with Crippen LogP contribution in [0.15, 0.2) is 22.6 Å². The van der Waals surface area contributed by atoms with E-state index in [4.69, 9.17) is 10.2 Å². The zero-order valence-electron chi connectivity index (χ0n) is 11.0. The summed E-state index contributed by atoms with van der Waals surface area (Å²) < 4.78 is 5.56. The van der Waals surface area contributed by atoms with Crippen molar-refractivity contribution >= 4 is 11.1 Å². The zero-order valence-corrected chi connectivity index (χ0v) is 11.0. The van der Waals surface area contributed by atoms with Crippen LogP contribution in [0.4, 0.5) is 0 Å². The van der Waals surface area contributed by atoms with Crippen molar-refractivity contribution in [2.24, 2.45) is 5.73 Å². The van der Waals surface area contributed by atoms with Crippen LogP contribution in [0.3, 0.4) is 0 Å². The number of nitrogens with two attached hydrogens (primary N) is 1. The van der Waals surface area contributed by atoms with Crippen molar-refractivity contribution in [3.63, 3.8) is 0 Å². The molecule has 0 saturated carbocycles.